The zero-order valence-corrected chi connectivity index (χ0v) is 10.1. The number of carbonyl (C=O) groups excluding carboxylic acids is 1. The SMILES string of the molecule is O=C(N[C@@H]1CCCc2ccccc21)c1ccco1. The lowest BCUT2D eigenvalue weighted by Crippen LogP contribution is -2.30. The Morgan fingerprint density at radius 1 is 1.22 bits per heavy atom. The molecule has 18 heavy (non-hydrogen) atoms. The maximum atomic E-state index is 12.0. The highest BCUT2D eigenvalue weighted by atomic mass is 16.3. The van der Waals surface area contributed by atoms with Gasteiger partial charge in [0.15, 0.2) is 5.76 Å². The van der Waals surface area contributed by atoms with Gasteiger partial charge >= 0.3 is 0 Å². The van der Waals surface area contributed by atoms with Gasteiger partial charge in [-0.15, -0.1) is 0 Å². The van der Waals surface area contributed by atoms with E-state index in [1.54, 1.807) is 12.1 Å². The lowest BCUT2D eigenvalue weighted by Gasteiger charge is -2.25. The van der Waals surface area contributed by atoms with Crippen LogP contribution < -0.4 is 5.32 Å². The van der Waals surface area contributed by atoms with Crippen LogP contribution in [-0.4, -0.2) is 5.91 Å². The third-order valence-corrected chi connectivity index (χ3v) is 3.42. The second-order valence-electron chi connectivity index (χ2n) is 4.59. The fourth-order valence-electron chi connectivity index (χ4n) is 2.54. The van der Waals surface area contributed by atoms with E-state index in [4.69, 9.17) is 4.42 Å². The van der Waals surface area contributed by atoms with Crippen molar-refractivity contribution < 1.29 is 9.21 Å². The molecule has 1 atom stereocenters. The van der Waals surface area contributed by atoms with Crippen molar-refractivity contribution in [3.8, 4) is 0 Å². The minimum absolute atomic E-state index is 0.104. The fraction of sp³-hybridized carbons (Fsp3) is 0.267. The Morgan fingerprint density at radius 2 is 2.11 bits per heavy atom. The Morgan fingerprint density at radius 3 is 2.94 bits per heavy atom. The van der Waals surface area contributed by atoms with Crippen molar-refractivity contribution in [1.82, 2.24) is 5.32 Å². The molecule has 0 radical (unpaired) electrons. The van der Waals surface area contributed by atoms with Gasteiger partial charge in [-0.3, -0.25) is 4.79 Å². The highest BCUT2D eigenvalue weighted by Crippen LogP contribution is 2.29. The smallest absolute Gasteiger partial charge is 0.287 e. The summed E-state index contributed by atoms with van der Waals surface area (Å²) >= 11 is 0. The molecule has 0 bridgehead atoms. The van der Waals surface area contributed by atoms with E-state index < -0.39 is 0 Å². The van der Waals surface area contributed by atoms with E-state index in [2.05, 4.69) is 23.5 Å². The van der Waals surface area contributed by atoms with Crippen molar-refractivity contribution in [2.45, 2.75) is 25.3 Å². The third kappa shape index (κ3) is 2.04. The molecular formula is C15H15NO2. The standard InChI is InChI=1S/C15H15NO2/c17-15(14-9-4-10-18-14)16-13-8-3-6-11-5-1-2-7-12(11)13/h1-2,4-5,7,9-10,13H,3,6,8H2,(H,16,17)/t13-/m1/s1. The number of aryl methyl sites for hydroxylation is 1. The van der Waals surface area contributed by atoms with Crippen molar-refractivity contribution in [3.05, 3.63) is 59.5 Å². The van der Waals surface area contributed by atoms with E-state index in [0.717, 1.165) is 19.3 Å². The van der Waals surface area contributed by atoms with Gasteiger partial charge in [0.25, 0.3) is 5.91 Å². The van der Waals surface area contributed by atoms with Gasteiger partial charge in [0, 0.05) is 0 Å². The molecule has 0 fully saturated rings. The van der Waals surface area contributed by atoms with Gasteiger partial charge in [-0.2, -0.15) is 0 Å². The number of amides is 1. The van der Waals surface area contributed by atoms with Gasteiger partial charge < -0.3 is 9.73 Å². The molecule has 92 valence electrons. The number of hydrogen-bond donors (Lipinski definition) is 1. The number of hydrogen-bond acceptors (Lipinski definition) is 2. The van der Waals surface area contributed by atoms with Gasteiger partial charge in [0.05, 0.1) is 12.3 Å². The number of nitrogens with one attached hydrogen (secondary N) is 1. The molecule has 3 heteroatoms. The zero-order valence-electron chi connectivity index (χ0n) is 10.1. The third-order valence-electron chi connectivity index (χ3n) is 3.42. The second kappa shape index (κ2) is 4.69. The first-order valence-electron chi connectivity index (χ1n) is 6.27. The van der Waals surface area contributed by atoms with Gasteiger partial charge in [-0.1, -0.05) is 24.3 Å². The molecule has 0 saturated carbocycles. The quantitative estimate of drug-likeness (QED) is 0.877. The molecule has 3 rings (SSSR count). The van der Waals surface area contributed by atoms with E-state index in [1.807, 2.05) is 6.07 Å². The summed E-state index contributed by atoms with van der Waals surface area (Å²) in [5.41, 5.74) is 2.58. The van der Waals surface area contributed by atoms with Crippen molar-refractivity contribution >= 4 is 5.91 Å². The lowest BCUT2D eigenvalue weighted by atomic mass is 9.88. The van der Waals surface area contributed by atoms with Gasteiger partial charge in [-0.25, -0.2) is 0 Å². The highest BCUT2D eigenvalue weighted by molar-refractivity contribution is 5.91. The van der Waals surface area contributed by atoms with Crippen LogP contribution in [-0.2, 0) is 6.42 Å². The number of benzene rings is 1. The van der Waals surface area contributed by atoms with Crippen molar-refractivity contribution in [2.75, 3.05) is 0 Å². The van der Waals surface area contributed by atoms with Crippen LogP contribution in [0.25, 0.3) is 0 Å². The predicted octanol–water partition coefficient (Wildman–Crippen LogP) is 3.09. The first kappa shape index (κ1) is 11.1. The van der Waals surface area contributed by atoms with Crippen LogP contribution in [0, 0.1) is 0 Å². The fourth-order valence-corrected chi connectivity index (χ4v) is 2.54. The minimum Gasteiger partial charge on any atom is -0.459 e. The van der Waals surface area contributed by atoms with Crippen LogP contribution in [0.1, 0.15) is 40.6 Å². The average molecular weight is 241 g/mol. The van der Waals surface area contributed by atoms with Crippen LogP contribution in [0.3, 0.4) is 0 Å². The molecule has 1 aromatic carbocycles. The molecule has 0 aliphatic heterocycles. The molecule has 0 saturated heterocycles. The first-order valence-corrected chi connectivity index (χ1v) is 6.27. The van der Waals surface area contributed by atoms with E-state index >= 15 is 0 Å². The van der Waals surface area contributed by atoms with Crippen LogP contribution in [0.4, 0.5) is 0 Å². The summed E-state index contributed by atoms with van der Waals surface area (Å²) in [5.74, 6) is 0.236. The summed E-state index contributed by atoms with van der Waals surface area (Å²) in [5, 5.41) is 3.04. The Balaban J connectivity index is 1.80. The monoisotopic (exact) mass is 241 g/mol. The van der Waals surface area contributed by atoms with Crippen LogP contribution in [0.2, 0.25) is 0 Å². The van der Waals surface area contributed by atoms with Crippen LogP contribution in [0.5, 0.6) is 0 Å². The maximum Gasteiger partial charge on any atom is 0.287 e. The van der Waals surface area contributed by atoms with E-state index in [0.29, 0.717) is 5.76 Å². The summed E-state index contributed by atoms with van der Waals surface area (Å²) < 4.78 is 5.11. The number of rotatable bonds is 2. The van der Waals surface area contributed by atoms with Crippen molar-refractivity contribution in [3.63, 3.8) is 0 Å². The first-order chi connectivity index (χ1) is 8.84. The number of carbonyl (C=O) groups is 1. The van der Waals surface area contributed by atoms with Gasteiger partial charge in [0.1, 0.15) is 0 Å². The lowest BCUT2D eigenvalue weighted by molar-refractivity contribution is 0.0904. The van der Waals surface area contributed by atoms with Gasteiger partial charge in [0.2, 0.25) is 0 Å². The Hall–Kier alpha value is -2.03. The molecule has 0 spiro atoms. The molecule has 2 aromatic rings. The molecule has 1 amide bonds. The van der Waals surface area contributed by atoms with Crippen molar-refractivity contribution in [1.29, 1.82) is 0 Å². The topological polar surface area (TPSA) is 42.2 Å². The minimum atomic E-state index is -0.137. The summed E-state index contributed by atoms with van der Waals surface area (Å²) in [6.45, 7) is 0. The predicted molar refractivity (Wildman–Crippen MR) is 68.3 cm³/mol. The van der Waals surface area contributed by atoms with E-state index in [9.17, 15) is 4.79 Å². The number of furan rings is 1. The van der Waals surface area contributed by atoms with Crippen LogP contribution in [0.15, 0.2) is 47.1 Å². The van der Waals surface area contributed by atoms with Crippen LogP contribution >= 0.6 is 0 Å². The summed E-state index contributed by atoms with van der Waals surface area (Å²) in [6, 6.07) is 11.8. The molecule has 1 N–H and O–H groups in total. The highest BCUT2D eigenvalue weighted by Gasteiger charge is 2.22. The van der Waals surface area contributed by atoms with E-state index in [1.165, 1.54) is 17.4 Å². The Kier molecular flexibility index (Phi) is 2.89. The molecule has 1 aliphatic rings. The normalized spacial score (nSPS) is 18.1. The van der Waals surface area contributed by atoms with Gasteiger partial charge in [-0.05, 0) is 42.5 Å². The van der Waals surface area contributed by atoms with Crippen molar-refractivity contribution in [2.24, 2.45) is 0 Å². The molecule has 3 nitrogen and oxygen atoms in total. The molecule has 0 unspecified atom stereocenters. The molecule has 1 aliphatic carbocycles. The Bertz CT molecular complexity index is 545. The second-order valence-corrected chi connectivity index (χ2v) is 4.59. The number of fused-ring (bicyclic) bond motifs is 1. The summed E-state index contributed by atoms with van der Waals surface area (Å²) in [4.78, 5) is 12.0. The average Bonchev–Trinajstić information content (AvgIpc) is 2.93. The zero-order chi connectivity index (χ0) is 12.4. The molecule has 1 heterocycles. The Labute approximate surface area is 106 Å². The molecule has 1 aromatic heterocycles. The summed E-state index contributed by atoms with van der Waals surface area (Å²) in [7, 11) is 0. The van der Waals surface area contributed by atoms with E-state index in [-0.39, 0.29) is 11.9 Å². The summed E-state index contributed by atoms with van der Waals surface area (Å²) in [6.07, 6.45) is 4.72. The molecular weight excluding hydrogens is 226 g/mol. The maximum absolute atomic E-state index is 12.0. The largest absolute Gasteiger partial charge is 0.459 e.